The van der Waals surface area contributed by atoms with E-state index in [0.717, 1.165) is 30.7 Å². The van der Waals surface area contributed by atoms with Gasteiger partial charge in [-0.3, -0.25) is 4.79 Å². The van der Waals surface area contributed by atoms with Crippen LogP contribution >= 0.6 is 11.6 Å². The molecule has 0 aliphatic heterocycles. The summed E-state index contributed by atoms with van der Waals surface area (Å²) < 4.78 is 30.5. The van der Waals surface area contributed by atoms with Gasteiger partial charge in [-0.25, -0.2) is 13.4 Å². The summed E-state index contributed by atoms with van der Waals surface area (Å²) >= 11 is 6.14. The summed E-state index contributed by atoms with van der Waals surface area (Å²) in [5, 5.41) is 14.0. The van der Waals surface area contributed by atoms with E-state index in [-0.39, 0.29) is 16.0 Å². The van der Waals surface area contributed by atoms with Crippen LogP contribution in [0.25, 0.3) is 0 Å². The first-order chi connectivity index (χ1) is 15.8. The summed E-state index contributed by atoms with van der Waals surface area (Å²) in [7, 11) is -3.83. The van der Waals surface area contributed by atoms with E-state index >= 15 is 0 Å². The molecule has 0 amide bonds. The average molecular weight is 494 g/mol. The molecule has 12 heteroatoms. The minimum atomic E-state index is -3.83. The van der Waals surface area contributed by atoms with Gasteiger partial charge in [0.25, 0.3) is 0 Å². The largest absolute Gasteiger partial charge is 0.320 e. The van der Waals surface area contributed by atoms with Gasteiger partial charge in [-0.15, -0.1) is 10.2 Å². The third kappa shape index (κ3) is 5.84. The van der Waals surface area contributed by atoms with E-state index in [0.29, 0.717) is 30.8 Å². The van der Waals surface area contributed by atoms with Gasteiger partial charge < -0.3 is 4.57 Å². The van der Waals surface area contributed by atoms with Crippen LogP contribution in [0.15, 0.2) is 29.2 Å². The molecule has 0 fully saturated rings. The number of aromatic nitrogens is 6. The van der Waals surface area contributed by atoms with Gasteiger partial charge in [0, 0.05) is 13.0 Å². The van der Waals surface area contributed by atoms with Crippen molar-refractivity contribution in [1.29, 1.82) is 0 Å². The Labute approximate surface area is 198 Å². The highest BCUT2D eigenvalue weighted by molar-refractivity contribution is 7.89. The SMILES string of the molecule is CCCCc1nc(Cl)c(C=O)n1Cc1ccc(S(=O)(=O)N[C@@H](c2nn[nH]n2)C(C)CC)cc1. The molecule has 0 saturated heterocycles. The predicted octanol–water partition coefficient (Wildman–Crippen LogP) is 3.32. The lowest BCUT2D eigenvalue weighted by Crippen LogP contribution is -2.33. The summed E-state index contributed by atoms with van der Waals surface area (Å²) in [5.41, 5.74) is 1.14. The van der Waals surface area contributed by atoms with Gasteiger partial charge in [0.15, 0.2) is 17.3 Å². The molecule has 3 rings (SSSR count). The maximum absolute atomic E-state index is 13.0. The first-order valence-electron chi connectivity index (χ1n) is 10.8. The number of rotatable bonds is 12. The van der Waals surface area contributed by atoms with Crippen molar-refractivity contribution in [2.24, 2.45) is 5.92 Å². The van der Waals surface area contributed by atoms with Gasteiger partial charge in [0.05, 0.1) is 10.9 Å². The quantitative estimate of drug-likeness (QED) is 0.369. The van der Waals surface area contributed by atoms with Crippen LogP contribution in [-0.2, 0) is 23.0 Å². The Bertz CT molecular complexity index is 1160. The van der Waals surface area contributed by atoms with E-state index in [1.165, 1.54) is 12.1 Å². The summed E-state index contributed by atoms with van der Waals surface area (Å²) in [4.78, 5) is 16.0. The number of halogens is 1. The summed E-state index contributed by atoms with van der Waals surface area (Å²) in [6.45, 7) is 6.32. The Morgan fingerprint density at radius 1 is 1.24 bits per heavy atom. The maximum atomic E-state index is 13.0. The average Bonchev–Trinajstić information content (AvgIpc) is 3.44. The highest BCUT2D eigenvalue weighted by Crippen LogP contribution is 2.24. The fraction of sp³-hybridized carbons (Fsp3) is 0.476. The number of aromatic amines is 1. The van der Waals surface area contributed by atoms with E-state index < -0.39 is 16.1 Å². The number of sulfonamides is 1. The number of hydrogen-bond acceptors (Lipinski definition) is 7. The predicted molar refractivity (Wildman–Crippen MR) is 123 cm³/mol. The molecule has 0 spiro atoms. The number of hydrogen-bond donors (Lipinski definition) is 2. The Balaban J connectivity index is 1.82. The molecule has 1 aromatic carbocycles. The second kappa shape index (κ2) is 11.0. The molecule has 0 aliphatic carbocycles. The fourth-order valence-corrected chi connectivity index (χ4v) is 4.99. The van der Waals surface area contributed by atoms with E-state index in [1.54, 1.807) is 16.7 Å². The second-order valence-corrected chi connectivity index (χ2v) is 9.98. The Morgan fingerprint density at radius 2 is 1.97 bits per heavy atom. The number of aryl methyl sites for hydroxylation is 1. The first kappa shape index (κ1) is 25.0. The summed E-state index contributed by atoms with van der Waals surface area (Å²) in [6.07, 6.45) is 4.04. The van der Waals surface area contributed by atoms with Gasteiger partial charge in [0.1, 0.15) is 11.5 Å². The highest BCUT2D eigenvalue weighted by Gasteiger charge is 2.28. The summed E-state index contributed by atoms with van der Waals surface area (Å²) in [6, 6.07) is 5.89. The molecule has 1 unspecified atom stereocenters. The van der Waals surface area contributed by atoms with Crippen LogP contribution in [0.5, 0.6) is 0 Å². The number of tetrazole rings is 1. The molecular weight excluding hydrogens is 466 g/mol. The van der Waals surface area contributed by atoms with Crippen molar-refractivity contribution in [1.82, 2.24) is 34.9 Å². The van der Waals surface area contributed by atoms with Crippen molar-refractivity contribution < 1.29 is 13.2 Å². The molecule has 0 saturated carbocycles. The standard InChI is InChI=1S/C21H28ClN7O3S/c1-4-6-7-18-23-20(22)17(13-30)29(18)12-15-8-10-16(11-9-15)33(31,32)26-19(14(3)5-2)21-24-27-28-25-21/h8-11,13-14,19,26H,4-7,12H2,1-3H3,(H,24,25,27,28)/t14?,19-/m1/s1. The highest BCUT2D eigenvalue weighted by atomic mass is 35.5. The van der Waals surface area contributed by atoms with E-state index in [9.17, 15) is 13.2 Å². The Hall–Kier alpha value is -2.63. The van der Waals surface area contributed by atoms with Crippen LogP contribution in [0, 0.1) is 5.92 Å². The van der Waals surface area contributed by atoms with Gasteiger partial charge in [-0.05, 0) is 30.0 Å². The van der Waals surface area contributed by atoms with Crippen molar-refractivity contribution in [2.75, 3.05) is 0 Å². The zero-order chi connectivity index (χ0) is 24.0. The lowest BCUT2D eigenvalue weighted by atomic mass is 10.00. The second-order valence-electron chi connectivity index (χ2n) is 7.91. The van der Waals surface area contributed by atoms with Crippen molar-refractivity contribution in [3.63, 3.8) is 0 Å². The molecule has 178 valence electrons. The van der Waals surface area contributed by atoms with Crippen LogP contribution in [0.1, 0.15) is 73.8 Å². The lowest BCUT2D eigenvalue weighted by molar-refractivity contribution is 0.111. The third-order valence-corrected chi connectivity index (χ3v) is 7.35. The zero-order valence-electron chi connectivity index (χ0n) is 18.8. The molecule has 2 N–H and O–H groups in total. The van der Waals surface area contributed by atoms with E-state index in [2.05, 4.69) is 37.3 Å². The van der Waals surface area contributed by atoms with Gasteiger partial charge in [-0.2, -0.15) is 9.94 Å². The first-order valence-corrected chi connectivity index (χ1v) is 12.7. The van der Waals surface area contributed by atoms with Crippen LogP contribution < -0.4 is 4.72 Å². The monoisotopic (exact) mass is 493 g/mol. The number of nitrogens with zero attached hydrogens (tertiary/aromatic N) is 5. The molecule has 0 aliphatic rings. The maximum Gasteiger partial charge on any atom is 0.241 e. The molecule has 33 heavy (non-hydrogen) atoms. The molecule has 2 aromatic heterocycles. The van der Waals surface area contributed by atoms with Crippen molar-refractivity contribution in [3.8, 4) is 0 Å². The van der Waals surface area contributed by atoms with Crippen LogP contribution in [0.3, 0.4) is 0 Å². The molecular formula is C21H28ClN7O3S. The van der Waals surface area contributed by atoms with Gasteiger partial charge >= 0.3 is 0 Å². The lowest BCUT2D eigenvalue weighted by Gasteiger charge is -2.21. The molecule has 10 nitrogen and oxygen atoms in total. The number of nitrogens with one attached hydrogen (secondary N) is 2. The smallest absolute Gasteiger partial charge is 0.241 e. The topological polar surface area (TPSA) is 136 Å². The van der Waals surface area contributed by atoms with E-state index in [4.69, 9.17) is 11.6 Å². The number of unbranched alkanes of at least 4 members (excludes halogenated alkanes) is 1. The van der Waals surface area contributed by atoms with E-state index in [1.807, 2.05) is 13.8 Å². The summed E-state index contributed by atoms with van der Waals surface area (Å²) in [5.74, 6) is 0.993. The number of H-pyrrole nitrogens is 1. The van der Waals surface area contributed by atoms with Crippen molar-refractivity contribution >= 4 is 27.9 Å². The Kier molecular flexibility index (Phi) is 8.33. The minimum Gasteiger partial charge on any atom is -0.320 e. The van der Waals surface area contributed by atoms with Crippen LogP contribution in [0.4, 0.5) is 0 Å². The molecule has 0 bridgehead atoms. The minimum absolute atomic E-state index is 0.0362. The molecule has 2 heterocycles. The number of aldehydes is 1. The normalized spacial score (nSPS) is 13.7. The molecule has 3 aromatic rings. The third-order valence-electron chi connectivity index (χ3n) is 5.62. The number of imidazole rings is 1. The zero-order valence-corrected chi connectivity index (χ0v) is 20.4. The molecule has 0 radical (unpaired) electrons. The van der Waals surface area contributed by atoms with Crippen LogP contribution in [-0.4, -0.2) is 44.9 Å². The fourth-order valence-electron chi connectivity index (χ4n) is 3.45. The number of carbonyl (C=O) groups is 1. The number of carbonyl (C=O) groups excluding carboxylic acids is 1. The van der Waals surface area contributed by atoms with Gasteiger partial charge in [0.2, 0.25) is 10.0 Å². The molecule has 2 atom stereocenters. The van der Waals surface area contributed by atoms with Crippen molar-refractivity contribution in [2.45, 2.75) is 63.9 Å². The van der Waals surface area contributed by atoms with Gasteiger partial charge in [-0.1, -0.05) is 62.6 Å². The number of benzene rings is 1. The van der Waals surface area contributed by atoms with Crippen LogP contribution in [0.2, 0.25) is 5.15 Å². The van der Waals surface area contributed by atoms with Crippen molar-refractivity contribution in [3.05, 3.63) is 52.3 Å². The Morgan fingerprint density at radius 3 is 2.55 bits per heavy atom.